The molecular weight excluding hydrogens is 572 g/mol. The minimum absolute atomic E-state index is 0.000933. The van der Waals surface area contributed by atoms with Crippen LogP contribution in [-0.2, 0) is 36.8 Å². The van der Waals surface area contributed by atoms with E-state index in [9.17, 15) is 29.1 Å². The number of aliphatic carboxylic acids is 1. The molecule has 13 heteroatoms. The summed E-state index contributed by atoms with van der Waals surface area (Å²) in [5.74, 6) is -3.26. The van der Waals surface area contributed by atoms with Crippen LogP contribution >= 0.6 is 11.8 Å². The van der Waals surface area contributed by atoms with Crippen molar-refractivity contribution in [2.75, 3.05) is 12.0 Å². The lowest BCUT2D eigenvalue weighted by atomic mass is 10.0. The number of benzene rings is 2. The molecule has 4 atom stereocenters. The number of rotatable bonds is 17. The molecule has 1 heterocycles. The molecule has 12 nitrogen and oxygen atoms in total. The zero-order valence-electron chi connectivity index (χ0n) is 23.9. The first-order valence-corrected chi connectivity index (χ1v) is 15.2. The van der Waals surface area contributed by atoms with E-state index in [1.54, 1.807) is 30.5 Å². The van der Waals surface area contributed by atoms with E-state index in [0.29, 0.717) is 5.75 Å². The van der Waals surface area contributed by atoms with E-state index in [2.05, 4.69) is 20.9 Å². The molecular formula is C30H38N6O6S. The predicted octanol–water partition coefficient (Wildman–Crippen LogP) is 0.838. The number of carbonyl (C=O) groups is 5. The molecule has 3 rings (SSSR count). The summed E-state index contributed by atoms with van der Waals surface area (Å²) in [5.41, 5.74) is 13.4. The standard InChI is InChI=1S/C30H38N6O6S/c1-43-14-13-23(30(41)42)34-29(40)25(16-19-17-33-22-10-6-5-9-20(19)22)36-28(39)24(15-18-7-3-2-4-8-18)35-27(38)21(31)11-12-26(32)37/h2-10,17,21,23-25,33H,11-16,31H2,1H3,(H2,32,37)(H,34,40)(H,35,38)(H,36,39)(H,41,42). The van der Waals surface area contributed by atoms with Gasteiger partial charge in [-0.25, -0.2) is 4.79 Å². The van der Waals surface area contributed by atoms with Crippen molar-refractivity contribution in [3.8, 4) is 0 Å². The second-order valence-corrected chi connectivity index (χ2v) is 11.2. The molecule has 0 fully saturated rings. The number of nitrogens with one attached hydrogen (secondary N) is 4. The highest BCUT2D eigenvalue weighted by atomic mass is 32.2. The molecule has 0 spiro atoms. The second kappa shape index (κ2) is 16.3. The summed E-state index contributed by atoms with van der Waals surface area (Å²) in [6.45, 7) is 0. The Hall–Kier alpha value is -4.36. The van der Waals surface area contributed by atoms with Crippen molar-refractivity contribution in [3.63, 3.8) is 0 Å². The SMILES string of the molecule is CSCCC(NC(=O)C(Cc1c[nH]c2ccccc12)NC(=O)C(Cc1ccccc1)NC(=O)C(N)CCC(N)=O)C(=O)O. The molecule has 0 aliphatic rings. The number of hydrogen-bond acceptors (Lipinski definition) is 7. The van der Waals surface area contributed by atoms with Gasteiger partial charge in [-0.15, -0.1) is 0 Å². The first-order valence-electron chi connectivity index (χ1n) is 13.8. The van der Waals surface area contributed by atoms with Gasteiger partial charge in [-0.05, 0) is 42.0 Å². The molecule has 2 aromatic carbocycles. The van der Waals surface area contributed by atoms with Crippen molar-refractivity contribution in [2.24, 2.45) is 11.5 Å². The first kappa shape index (κ1) is 33.1. The summed E-state index contributed by atoms with van der Waals surface area (Å²) in [6.07, 6.45) is 3.82. The Morgan fingerprint density at radius 1 is 0.837 bits per heavy atom. The topological polar surface area (TPSA) is 210 Å². The Balaban J connectivity index is 1.87. The average Bonchev–Trinajstić information content (AvgIpc) is 3.40. The third-order valence-corrected chi connectivity index (χ3v) is 7.56. The van der Waals surface area contributed by atoms with Crippen molar-refractivity contribution < 1.29 is 29.1 Å². The highest BCUT2D eigenvalue weighted by molar-refractivity contribution is 7.98. The normalized spacial score (nSPS) is 13.8. The summed E-state index contributed by atoms with van der Waals surface area (Å²) in [4.78, 5) is 66.3. The number of hydrogen-bond donors (Lipinski definition) is 7. The highest BCUT2D eigenvalue weighted by Crippen LogP contribution is 2.19. The van der Waals surface area contributed by atoms with E-state index in [4.69, 9.17) is 11.5 Å². The predicted molar refractivity (Wildman–Crippen MR) is 165 cm³/mol. The van der Waals surface area contributed by atoms with Gasteiger partial charge < -0.3 is 37.5 Å². The Labute approximate surface area is 253 Å². The van der Waals surface area contributed by atoms with Gasteiger partial charge in [0.1, 0.15) is 18.1 Å². The van der Waals surface area contributed by atoms with Crippen LogP contribution < -0.4 is 27.4 Å². The smallest absolute Gasteiger partial charge is 0.326 e. The summed E-state index contributed by atoms with van der Waals surface area (Å²) < 4.78 is 0. The lowest BCUT2D eigenvalue weighted by Gasteiger charge is -2.25. The number of carbonyl (C=O) groups excluding carboxylic acids is 4. The van der Waals surface area contributed by atoms with E-state index in [1.807, 2.05) is 36.6 Å². The molecule has 0 saturated carbocycles. The lowest BCUT2D eigenvalue weighted by molar-refractivity contribution is -0.142. The monoisotopic (exact) mass is 610 g/mol. The number of primary amides is 1. The number of nitrogens with two attached hydrogens (primary N) is 2. The van der Waals surface area contributed by atoms with Gasteiger partial charge in [-0.1, -0.05) is 48.5 Å². The molecule has 0 radical (unpaired) electrons. The number of carboxylic acids is 1. The van der Waals surface area contributed by atoms with E-state index in [-0.39, 0.29) is 32.1 Å². The van der Waals surface area contributed by atoms with Crippen molar-refractivity contribution in [3.05, 3.63) is 71.9 Å². The minimum atomic E-state index is -1.18. The van der Waals surface area contributed by atoms with E-state index >= 15 is 0 Å². The third-order valence-electron chi connectivity index (χ3n) is 6.91. The molecule has 230 valence electrons. The van der Waals surface area contributed by atoms with Gasteiger partial charge in [0.15, 0.2) is 0 Å². The summed E-state index contributed by atoms with van der Waals surface area (Å²) in [5, 5.41) is 18.5. The summed E-state index contributed by atoms with van der Waals surface area (Å²) in [7, 11) is 0. The minimum Gasteiger partial charge on any atom is -0.480 e. The summed E-state index contributed by atoms with van der Waals surface area (Å²) >= 11 is 1.45. The number of amides is 4. The van der Waals surface area contributed by atoms with Crippen LogP contribution in [0, 0.1) is 0 Å². The number of thioether (sulfide) groups is 1. The maximum absolute atomic E-state index is 13.7. The largest absolute Gasteiger partial charge is 0.480 e. The van der Waals surface area contributed by atoms with Crippen LogP contribution in [0.1, 0.15) is 30.4 Å². The van der Waals surface area contributed by atoms with Crippen molar-refractivity contribution in [1.29, 1.82) is 0 Å². The first-order chi connectivity index (χ1) is 20.6. The highest BCUT2D eigenvalue weighted by Gasteiger charge is 2.31. The molecule has 9 N–H and O–H groups in total. The van der Waals surface area contributed by atoms with Crippen molar-refractivity contribution in [2.45, 2.75) is 56.3 Å². The van der Waals surface area contributed by atoms with E-state index in [1.165, 1.54) is 11.8 Å². The van der Waals surface area contributed by atoms with Gasteiger partial charge in [0.05, 0.1) is 6.04 Å². The zero-order chi connectivity index (χ0) is 31.4. The molecule has 0 aliphatic carbocycles. The maximum Gasteiger partial charge on any atom is 0.326 e. The van der Waals surface area contributed by atoms with Crippen LogP contribution in [0.4, 0.5) is 0 Å². The number of fused-ring (bicyclic) bond motifs is 1. The molecule has 0 saturated heterocycles. The van der Waals surface area contributed by atoms with Gasteiger partial charge in [-0.2, -0.15) is 11.8 Å². The van der Waals surface area contributed by atoms with Crippen LogP contribution in [0.25, 0.3) is 10.9 Å². The van der Waals surface area contributed by atoms with E-state index in [0.717, 1.165) is 22.0 Å². The van der Waals surface area contributed by atoms with Crippen LogP contribution in [0.3, 0.4) is 0 Å². The van der Waals surface area contributed by atoms with Crippen LogP contribution in [0.5, 0.6) is 0 Å². The molecule has 0 aliphatic heterocycles. The molecule has 3 aromatic rings. The fourth-order valence-corrected chi connectivity index (χ4v) is 5.01. The average molecular weight is 611 g/mol. The Morgan fingerprint density at radius 3 is 2.09 bits per heavy atom. The van der Waals surface area contributed by atoms with Crippen LogP contribution in [0.15, 0.2) is 60.8 Å². The van der Waals surface area contributed by atoms with Gasteiger partial charge in [0, 0.05) is 36.4 Å². The number of aromatic amines is 1. The molecule has 4 amide bonds. The molecule has 43 heavy (non-hydrogen) atoms. The number of H-pyrrole nitrogens is 1. The Kier molecular flexibility index (Phi) is 12.6. The van der Waals surface area contributed by atoms with Crippen LogP contribution in [0.2, 0.25) is 0 Å². The van der Waals surface area contributed by atoms with Crippen molar-refractivity contribution in [1.82, 2.24) is 20.9 Å². The number of para-hydroxylation sites is 1. The lowest BCUT2D eigenvalue weighted by Crippen LogP contribution is -2.58. The van der Waals surface area contributed by atoms with Gasteiger partial charge in [0.25, 0.3) is 0 Å². The fourth-order valence-electron chi connectivity index (χ4n) is 4.53. The van der Waals surface area contributed by atoms with Crippen molar-refractivity contribution >= 4 is 52.3 Å². The second-order valence-electron chi connectivity index (χ2n) is 10.2. The number of carboxylic acid groups (broad SMARTS) is 1. The quantitative estimate of drug-likeness (QED) is 0.116. The number of aromatic nitrogens is 1. The van der Waals surface area contributed by atoms with Gasteiger partial charge in [0.2, 0.25) is 23.6 Å². The summed E-state index contributed by atoms with van der Waals surface area (Å²) in [6, 6.07) is 11.9. The van der Waals surface area contributed by atoms with Gasteiger partial charge >= 0.3 is 5.97 Å². The zero-order valence-corrected chi connectivity index (χ0v) is 24.7. The molecule has 0 bridgehead atoms. The van der Waals surface area contributed by atoms with Gasteiger partial charge in [-0.3, -0.25) is 19.2 Å². The molecule has 4 unspecified atom stereocenters. The van der Waals surface area contributed by atoms with Crippen LogP contribution in [-0.4, -0.2) is 75.9 Å². The maximum atomic E-state index is 13.7. The van der Waals surface area contributed by atoms with E-state index < -0.39 is 53.8 Å². The molecule has 1 aromatic heterocycles. The Bertz CT molecular complexity index is 1410. The third kappa shape index (κ3) is 10.1. The fraction of sp³-hybridized carbons (Fsp3) is 0.367. The Morgan fingerprint density at radius 2 is 1.44 bits per heavy atom.